The predicted molar refractivity (Wildman–Crippen MR) is 72.5 cm³/mol. The van der Waals surface area contributed by atoms with Gasteiger partial charge in [-0.2, -0.15) is 10.2 Å². The van der Waals surface area contributed by atoms with E-state index in [1.807, 2.05) is 30.3 Å². The fourth-order valence-corrected chi connectivity index (χ4v) is 2.01. The second-order valence-corrected chi connectivity index (χ2v) is 4.86. The van der Waals surface area contributed by atoms with Gasteiger partial charge in [-0.05, 0) is 36.2 Å². The molecule has 0 spiro atoms. The highest BCUT2D eigenvalue weighted by Gasteiger charge is 2.13. The molecule has 0 unspecified atom stereocenters. The quantitative estimate of drug-likeness (QED) is 0.828. The molecule has 98 valence electrons. The van der Waals surface area contributed by atoms with Crippen LogP contribution in [-0.4, -0.2) is 23.4 Å². The third-order valence-corrected chi connectivity index (χ3v) is 3.11. The molecule has 0 atom stereocenters. The van der Waals surface area contributed by atoms with E-state index in [-0.39, 0.29) is 0 Å². The topological polar surface area (TPSA) is 44.2 Å². The van der Waals surface area contributed by atoms with Gasteiger partial charge in [-0.25, -0.2) is 0 Å². The van der Waals surface area contributed by atoms with Crippen molar-refractivity contribution in [2.45, 2.75) is 19.8 Å². The summed E-state index contributed by atoms with van der Waals surface area (Å²) in [6.07, 6.45) is 0. The number of benzene rings is 1. The minimum absolute atomic E-state index is 0.391. The van der Waals surface area contributed by atoms with Gasteiger partial charge in [0.15, 0.2) is 11.5 Å². The van der Waals surface area contributed by atoms with Crippen molar-refractivity contribution in [1.82, 2.24) is 10.2 Å². The molecule has 1 aromatic heterocycles. The first kappa shape index (κ1) is 12.0. The summed E-state index contributed by atoms with van der Waals surface area (Å²) in [5.74, 6) is 1.96. The van der Waals surface area contributed by atoms with Crippen molar-refractivity contribution in [2.24, 2.45) is 0 Å². The molecule has 2 heterocycles. The zero-order chi connectivity index (χ0) is 13.2. The molecule has 0 bridgehead atoms. The predicted octanol–water partition coefficient (Wildman–Crippen LogP) is 3.04. The Morgan fingerprint density at radius 1 is 0.947 bits per heavy atom. The molecule has 1 aliphatic heterocycles. The Morgan fingerprint density at radius 3 is 2.42 bits per heavy atom. The maximum atomic E-state index is 5.57. The van der Waals surface area contributed by atoms with Crippen molar-refractivity contribution in [3.8, 4) is 22.8 Å². The number of ether oxygens (including phenoxy) is 2. The van der Waals surface area contributed by atoms with E-state index >= 15 is 0 Å². The van der Waals surface area contributed by atoms with Gasteiger partial charge in [0.1, 0.15) is 13.2 Å². The number of hydrogen-bond donors (Lipinski definition) is 0. The third-order valence-electron chi connectivity index (χ3n) is 3.11. The average molecular weight is 256 g/mol. The second-order valence-electron chi connectivity index (χ2n) is 4.86. The van der Waals surface area contributed by atoms with Crippen LogP contribution >= 0.6 is 0 Å². The lowest BCUT2D eigenvalue weighted by atomic mass is 10.1. The third kappa shape index (κ3) is 2.38. The molecule has 19 heavy (non-hydrogen) atoms. The molecule has 0 N–H and O–H groups in total. The molecule has 0 fully saturated rings. The SMILES string of the molecule is CC(C)c1ccc(-c2ccc3c(c2)OCCO3)nn1. The van der Waals surface area contributed by atoms with Crippen molar-refractivity contribution < 1.29 is 9.47 Å². The highest BCUT2D eigenvalue weighted by atomic mass is 16.6. The highest BCUT2D eigenvalue weighted by Crippen LogP contribution is 2.33. The van der Waals surface area contributed by atoms with Crippen LogP contribution in [0.1, 0.15) is 25.5 Å². The van der Waals surface area contributed by atoms with Crippen molar-refractivity contribution in [3.63, 3.8) is 0 Å². The Balaban J connectivity index is 1.93. The monoisotopic (exact) mass is 256 g/mol. The largest absolute Gasteiger partial charge is 0.486 e. The van der Waals surface area contributed by atoms with Crippen molar-refractivity contribution in [1.29, 1.82) is 0 Å². The summed E-state index contributed by atoms with van der Waals surface area (Å²) in [5.41, 5.74) is 2.84. The van der Waals surface area contributed by atoms with Crippen LogP contribution in [0.25, 0.3) is 11.3 Å². The highest BCUT2D eigenvalue weighted by molar-refractivity contribution is 5.63. The van der Waals surface area contributed by atoms with Gasteiger partial charge in [0, 0.05) is 5.56 Å². The summed E-state index contributed by atoms with van der Waals surface area (Å²) in [5, 5.41) is 8.52. The Bertz CT molecular complexity index is 579. The maximum Gasteiger partial charge on any atom is 0.162 e. The van der Waals surface area contributed by atoms with Crippen molar-refractivity contribution in [3.05, 3.63) is 36.0 Å². The molecular formula is C15H16N2O2. The van der Waals surface area contributed by atoms with Crippen LogP contribution in [0.5, 0.6) is 11.5 Å². The molecule has 1 aliphatic rings. The first-order valence-electron chi connectivity index (χ1n) is 6.47. The van der Waals surface area contributed by atoms with Gasteiger partial charge in [-0.15, -0.1) is 0 Å². The molecule has 4 heteroatoms. The zero-order valence-corrected chi connectivity index (χ0v) is 11.1. The molecule has 1 aromatic carbocycles. The number of nitrogens with zero attached hydrogens (tertiary/aromatic N) is 2. The van der Waals surface area contributed by atoms with E-state index in [9.17, 15) is 0 Å². The standard InChI is InChI=1S/C15H16N2O2/c1-10(2)12-4-5-13(17-16-12)11-3-6-14-15(9-11)19-8-7-18-14/h3-6,9-10H,7-8H2,1-2H3. The summed E-state index contributed by atoms with van der Waals surface area (Å²) in [6.45, 7) is 5.41. The average Bonchev–Trinajstić information content (AvgIpc) is 2.47. The lowest BCUT2D eigenvalue weighted by molar-refractivity contribution is 0.171. The van der Waals surface area contributed by atoms with Crippen LogP contribution in [-0.2, 0) is 0 Å². The van der Waals surface area contributed by atoms with Gasteiger partial charge in [-0.1, -0.05) is 13.8 Å². The molecule has 0 saturated carbocycles. The van der Waals surface area contributed by atoms with Crippen LogP contribution in [0.15, 0.2) is 30.3 Å². The Hall–Kier alpha value is -2.10. The van der Waals surface area contributed by atoms with Gasteiger partial charge in [0.2, 0.25) is 0 Å². The number of hydrogen-bond acceptors (Lipinski definition) is 4. The van der Waals surface area contributed by atoms with E-state index in [4.69, 9.17) is 9.47 Å². The molecule has 0 saturated heterocycles. The van der Waals surface area contributed by atoms with Crippen molar-refractivity contribution in [2.75, 3.05) is 13.2 Å². The molecule has 2 aromatic rings. The first-order valence-corrected chi connectivity index (χ1v) is 6.47. The van der Waals surface area contributed by atoms with Crippen molar-refractivity contribution >= 4 is 0 Å². The zero-order valence-electron chi connectivity index (χ0n) is 11.1. The second kappa shape index (κ2) is 4.88. The Labute approximate surface area is 112 Å². The van der Waals surface area contributed by atoms with Gasteiger partial charge in [0.05, 0.1) is 11.4 Å². The van der Waals surface area contributed by atoms with E-state index in [1.165, 1.54) is 0 Å². The normalized spacial score (nSPS) is 13.6. The number of aromatic nitrogens is 2. The summed E-state index contributed by atoms with van der Waals surface area (Å²) in [6, 6.07) is 9.86. The van der Waals surface area contributed by atoms with Gasteiger partial charge in [-0.3, -0.25) is 0 Å². The summed E-state index contributed by atoms with van der Waals surface area (Å²) < 4.78 is 11.1. The molecule has 4 nitrogen and oxygen atoms in total. The molecule has 0 radical (unpaired) electrons. The van der Waals surface area contributed by atoms with E-state index in [1.54, 1.807) is 0 Å². The first-order chi connectivity index (χ1) is 9.24. The summed E-state index contributed by atoms with van der Waals surface area (Å²) in [7, 11) is 0. The smallest absolute Gasteiger partial charge is 0.162 e. The molecule has 3 rings (SSSR count). The van der Waals surface area contributed by atoms with Crippen LogP contribution in [0.3, 0.4) is 0 Å². The lowest BCUT2D eigenvalue weighted by Gasteiger charge is -2.18. The van der Waals surface area contributed by atoms with E-state index in [0.717, 1.165) is 28.5 Å². The van der Waals surface area contributed by atoms with E-state index in [2.05, 4.69) is 24.0 Å². The number of fused-ring (bicyclic) bond motifs is 1. The van der Waals surface area contributed by atoms with Gasteiger partial charge >= 0.3 is 0 Å². The van der Waals surface area contributed by atoms with E-state index in [0.29, 0.717) is 19.1 Å². The fourth-order valence-electron chi connectivity index (χ4n) is 2.01. The van der Waals surface area contributed by atoms with Crippen LogP contribution < -0.4 is 9.47 Å². The Kier molecular flexibility index (Phi) is 3.07. The minimum atomic E-state index is 0.391. The van der Waals surface area contributed by atoms with Gasteiger partial charge in [0.25, 0.3) is 0 Å². The summed E-state index contributed by atoms with van der Waals surface area (Å²) in [4.78, 5) is 0. The molecular weight excluding hydrogens is 240 g/mol. The molecule has 0 aliphatic carbocycles. The Morgan fingerprint density at radius 2 is 1.74 bits per heavy atom. The lowest BCUT2D eigenvalue weighted by Crippen LogP contribution is -2.15. The fraction of sp³-hybridized carbons (Fsp3) is 0.333. The maximum absolute atomic E-state index is 5.57. The number of rotatable bonds is 2. The van der Waals surface area contributed by atoms with Crippen LogP contribution in [0, 0.1) is 0 Å². The minimum Gasteiger partial charge on any atom is -0.486 e. The molecule has 0 amide bonds. The summed E-state index contributed by atoms with van der Waals surface area (Å²) >= 11 is 0. The van der Waals surface area contributed by atoms with Gasteiger partial charge < -0.3 is 9.47 Å². The van der Waals surface area contributed by atoms with Crippen LogP contribution in [0.2, 0.25) is 0 Å². The van der Waals surface area contributed by atoms with E-state index < -0.39 is 0 Å². The van der Waals surface area contributed by atoms with Crippen LogP contribution in [0.4, 0.5) is 0 Å².